The normalized spacial score (nSPS) is 14.3. The number of carbonyl (C=O) groups is 1. The van der Waals surface area contributed by atoms with Crippen LogP contribution in [0.5, 0.6) is 0 Å². The van der Waals surface area contributed by atoms with Gasteiger partial charge in [-0.2, -0.15) is 0 Å². The smallest absolute Gasteiger partial charge is 0.186 e. The quantitative estimate of drug-likeness (QED) is 0.862. The van der Waals surface area contributed by atoms with Gasteiger partial charge in [-0.3, -0.25) is 9.78 Å². The van der Waals surface area contributed by atoms with Crippen molar-refractivity contribution in [2.24, 2.45) is 0 Å². The average Bonchev–Trinajstić information content (AvgIpc) is 2.85. The molecule has 98 valence electrons. The summed E-state index contributed by atoms with van der Waals surface area (Å²) in [5.74, 6) is 0.252. The lowest BCUT2D eigenvalue weighted by Gasteiger charge is -2.15. The van der Waals surface area contributed by atoms with E-state index in [0.717, 1.165) is 35.1 Å². The number of ketones is 1. The zero-order valence-electron chi connectivity index (χ0n) is 10.8. The van der Waals surface area contributed by atoms with Crippen LogP contribution in [-0.2, 0) is 13.0 Å². The Bertz CT molecular complexity index is 594. The van der Waals surface area contributed by atoms with E-state index in [1.54, 1.807) is 12.4 Å². The highest BCUT2D eigenvalue weighted by atomic mass is 32.1. The first-order chi connectivity index (χ1) is 9.24. The maximum atomic E-state index is 11.8. The highest BCUT2D eigenvalue weighted by Crippen LogP contribution is 2.31. The van der Waals surface area contributed by atoms with Gasteiger partial charge in [-0.1, -0.05) is 11.3 Å². The lowest BCUT2D eigenvalue weighted by molar-refractivity contribution is 0.0976. The van der Waals surface area contributed by atoms with Crippen molar-refractivity contribution in [1.82, 2.24) is 9.97 Å². The molecule has 0 N–H and O–H groups in total. The third-order valence-electron chi connectivity index (χ3n) is 3.25. The molecule has 3 rings (SSSR count). The Morgan fingerprint density at radius 2 is 2.11 bits per heavy atom. The molecule has 0 fully saturated rings. The van der Waals surface area contributed by atoms with Crippen molar-refractivity contribution in [2.45, 2.75) is 25.8 Å². The van der Waals surface area contributed by atoms with Gasteiger partial charge < -0.3 is 4.90 Å². The molecule has 0 saturated carbocycles. The Kier molecular flexibility index (Phi) is 3.29. The molecule has 0 aromatic carbocycles. The van der Waals surface area contributed by atoms with Crippen LogP contribution in [0.4, 0.5) is 5.13 Å². The van der Waals surface area contributed by atoms with Gasteiger partial charge in [-0.05, 0) is 30.5 Å². The van der Waals surface area contributed by atoms with Gasteiger partial charge in [0.2, 0.25) is 0 Å². The number of pyridine rings is 1. The van der Waals surface area contributed by atoms with Crippen molar-refractivity contribution >= 4 is 22.3 Å². The number of Topliss-reactive ketones (excluding diaryl/α,β-unsaturated/α-hetero) is 1. The molecule has 0 radical (unpaired) electrons. The second-order valence-electron chi connectivity index (χ2n) is 4.76. The Labute approximate surface area is 116 Å². The van der Waals surface area contributed by atoms with E-state index in [1.807, 2.05) is 19.2 Å². The highest BCUT2D eigenvalue weighted by Gasteiger charge is 2.23. The number of carbonyl (C=O) groups excluding carboxylic acids is 1. The predicted octanol–water partition coefficient (Wildman–Crippen LogP) is 2.69. The van der Waals surface area contributed by atoms with E-state index in [0.29, 0.717) is 6.42 Å². The molecule has 0 atom stereocenters. The molecule has 0 bridgehead atoms. The Morgan fingerprint density at radius 3 is 2.84 bits per heavy atom. The molecular weight excluding hydrogens is 258 g/mol. The minimum Gasteiger partial charge on any atom is -0.347 e. The van der Waals surface area contributed by atoms with E-state index in [1.165, 1.54) is 16.9 Å². The SMILES string of the molecule is CN(Cc1ccncc1)c1nc2c(s1)C(=O)CCC2. The Balaban J connectivity index is 1.81. The van der Waals surface area contributed by atoms with Crippen LogP contribution in [-0.4, -0.2) is 22.8 Å². The molecule has 1 aliphatic carbocycles. The largest absolute Gasteiger partial charge is 0.347 e. The molecule has 4 nitrogen and oxygen atoms in total. The van der Waals surface area contributed by atoms with Crippen LogP contribution >= 0.6 is 11.3 Å². The molecule has 0 aliphatic heterocycles. The van der Waals surface area contributed by atoms with Crippen LogP contribution < -0.4 is 4.90 Å². The maximum absolute atomic E-state index is 11.8. The number of aromatic nitrogens is 2. The second-order valence-corrected chi connectivity index (χ2v) is 5.74. The fourth-order valence-electron chi connectivity index (χ4n) is 2.25. The van der Waals surface area contributed by atoms with Crippen LogP contribution in [0, 0.1) is 0 Å². The molecule has 5 heteroatoms. The van der Waals surface area contributed by atoms with Crippen molar-refractivity contribution < 1.29 is 4.79 Å². The standard InChI is InChI=1S/C14H15N3OS/c1-17(9-10-5-7-15-8-6-10)14-16-11-3-2-4-12(18)13(11)19-14/h5-8H,2-4,9H2,1H3. The summed E-state index contributed by atoms with van der Waals surface area (Å²) in [7, 11) is 2.01. The van der Waals surface area contributed by atoms with Gasteiger partial charge in [0.15, 0.2) is 10.9 Å². The summed E-state index contributed by atoms with van der Waals surface area (Å²) in [6.07, 6.45) is 6.12. The zero-order chi connectivity index (χ0) is 13.2. The van der Waals surface area contributed by atoms with Crippen molar-refractivity contribution in [3.8, 4) is 0 Å². The Morgan fingerprint density at radius 1 is 1.32 bits per heavy atom. The summed E-state index contributed by atoms with van der Waals surface area (Å²) < 4.78 is 0. The summed E-state index contributed by atoms with van der Waals surface area (Å²) in [6.45, 7) is 0.781. The van der Waals surface area contributed by atoms with Crippen molar-refractivity contribution in [3.05, 3.63) is 40.7 Å². The van der Waals surface area contributed by atoms with Crippen LogP contribution in [0.3, 0.4) is 0 Å². The third kappa shape index (κ3) is 2.51. The minimum atomic E-state index is 0.252. The number of hydrogen-bond acceptors (Lipinski definition) is 5. The predicted molar refractivity (Wildman–Crippen MR) is 75.7 cm³/mol. The average molecular weight is 273 g/mol. The van der Waals surface area contributed by atoms with Gasteiger partial charge in [0, 0.05) is 32.4 Å². The molecule has 0 unspecified atom stereocenters. The summed E-state index contributed by atoms with van der Waals surface area (Å²) in [5.41, 5.74) is 2.18. The monoisotopic (exact) mass is 273 g/mol. The molecule has 2 heterocycles. The first-order valence-electron chi connectivity index (χ1n) is 6.37. The molecule has 0 amide bonds. The van der Waals surface area contributed by atoms with E-state index in [2.05, 4.69) is 14.9 Å². The number of fused-ring (bicyclic) bond motifs is 1. The molecule has 2 aromatic heterocycles. The first kappa shape index (κ1) is 12.3. The molecule has 1 aliphatic rings. The highest BCUT2D eigenvalue weighted by molar-refractivity contribution is 7.17. The van der Waals surface area contributed by atoms with E-state index in [9.17, 15) is 4.79 Å². The van der Waals surface area contributed by atoms with Crippen molar-refractivity contribution in [3.63, 3.8) is 0 Å². The van der Waals surface area contributed by atoms with Crippen LogP contribution in [0.25, 0.3) is 0 Å². The van der Waals surface area contributed by atoms with Gasteiger partial charge in [-0.15, -0.1) is 0 Å². The number of aryl methyl sites for hydroxylation is 1. The van der Waals surface area contributed by atoms with Gasteiger partial charge in [-0.25, -0.2) is 4.98 Å². The molecule has 19 heavy (non-hydrogen) atoms. The lowest BCUT2D eigenvalue weighted by atomic mass is 10.0. The molecular formula is C14H15N3OS. The van der Waals surface area contributed by atoms with Gasteiger partial charge in [0.25, 0.3) is 0 Å². The van der Waals surface area contributed by atoms with E-state index in [4.69, 9.17) is 0 Å². The van der Waals surface area contributed by atoms with Crippen LogP contribution in [0.2, 0.25) is 0 Å². The number of hydrogen-bond donors (Lipinski definition) is 0. The topological polar surface area (TPSA) is 46.1 Å². The second kappa shape index (κ2) is 5.09. The minimum absolute atomic E-state index is 0.252. The summed E-state index contributed by atoms with van der Waals surface area (Å²) >= 11 is 1.52. The van der Waals surface area contributed by atoms with E-state index in [-0.39, 0.29) is 5.78 Å². The third-order valence-corrected chi connectivity index (χ3v) is 4.51. The molecule has 0 spiro atoms. The fourth-order valence-corrected chi connectivity index (χ4v) is 3.29. The lowest BCUT2D eigenvalue weighted by Crippen LogP contribution is -2.16. The van der Waals surface area contributed by atoms with Crippen molar-refractivity contribution in [2.75, 3.05) is 11.9 Å². The summed E-state index contributed by atoms with van der Waals surface area (Å²) in [6, 6.07) is 3.99. The van der Waals surface area contributed by atoms with E-state index < -0.39 is 0 Å². The fraction of sp³-hybridized carbons (Fsp3) is 0.357. The number of thiazole rings is 1. The maximum Gasteiger partial charge on any atom is 0.186 e. The number of nitrogens with zero attached hydrogens (tertiary/aromatic N) is 3. The zero-order valence-corrected chi connectivity index (χ0v) is 11.6. The first-order valence-corrected chi connectivity index (χ1v) is 7.18. The van der Waals surface area contributed by atoms with Crippen LogP contribution in [0.15, 0.2) is 24.5 Å². The van der Waals surface area contributed by atoms with Crippen LogP contribution in [0.1, 0.15) is 33.8 Å². The number of rotatable bonds is 3. The molecule has 2 aromatic rings. The van der Waals surface area contributed by atoms with Crippen molar-refractivity contribution in [1.29, 1.82) is 0 Å². The van der Waals surface area contributed by atoms with Gasteiger partial charge >= 0.3 is 0 Å². The summed E-state index contributed by atoms with van der Waals surface area (Å²) in [5, 5.41) is 0.928. The number of anilines is 1. The van der Waals surface area contributed by atoms with Gasteiger partial charge in [0.05, 0.1) is 10.6 Å². The Hall–Kier alpha value is -1.75. The summed E-state index contributed by atoms with van der Waals surface area (Å²) in [4.78, 5) is 23.4. The molecule has 0 saturated heterocycles. The van der Waals surface area contributed by atoms with E-state index >= 15 is 0 Å². The van der Waals surface area contributed by atoms with Gasteiger partial charge in [0.1, 0.15) is 0 Å².